The molecule has 0 bridgehead atoms. The van der Waals surface area contributed by atoms with Crippen LogP contribution in [0.1, 0.15) is 12.5 Å². The summed E-state index contributed by atoms with van der Waals surface area (Å²) in [5, 5.41) is 0. The predicted octanol–water partition coefficient (Wildman–Crippen LogP) is 2.40. The van der Waals surface area contributed by atoms with Gasteiger partial charge in [-0.15, -0.1) is 0 Å². The zero-order valence-electron chi connectivity index (χ0n) is 7.74. The molecule has 2 nitrogen and oxygen atoms in total. The molecule has 2 rings (SSSR count). The quantitative estimate of drug-likeness (QED) is 0.590. The maximum absolute atomic E-state index is 5.59. The minimum atomic E-state index is 0.851. The van der Waals surface area contributed by atoms with E-state index in [9.17, 15) is 0 Å². The largest absolute Gasteiger partial charge is 0.455 e. The van der Waals surface area contributed by atoms with E-state index in [1.165, 1.54) is 0 Å². The van der Waals surface area contributed by atoms with E-state index < -0.39 is 0 Å². The van der Waals surface area contributed by atoms with E-state index in [4.69, 9.17) is 4.74 Å². The van der Waals surface area contributed by atoms with Crippen molar-refractivity contribution >= 4 is 5.71 Å². The molecule has 0 saturated carbocycles. The molecule has 13 heavy (non-hydrogen) atoms. The molecule has 0 saturated heterocycles. The number of nitrogens with zero attached hydrogens (tertiary/aromatic N) is 1. The van der Waals surface area contributed by atoms with Crippen LogP contribution in [0.4, 0.5) is 0 Å². The van der Waals surface area contributed by atoms with Crippen LogP contribution in [0.3, 0.4) is 0 Å². The first-order valence-electron chi connectivity index (χ1n) is 4.27. The molecule has 2 heteroatoms. The molecule has 1 aromatic carbocycles. The van der Waals surface area contributed by atoms with Gasteiger partial charge in [0.05, 0.1) is 0 Å². The molecule has 0 spiro atoms. The minimum Gasteiger partial charge on any atom is -0.455 e. The van der Waals surface area contributed by atoms with E-state index >= 15 is 0 Å². The van der Waals surface area contributed by atoms with Gasteiger partial charge in [-0.3, -0.25) is 4.99 Å². The normalized spacial score (nSPS) is 20.5. The van der Waals surface area contributed by atoms with Gasteiger partial charge in [-0.05, 0) is 25.1 Å². The molecule has 0 aromatic heterocycles. The molecule has 1 aliphatic rings. The van der Waals surface area contributed by atoms with E-state index in [0.717, 1.165) is 22.8 Å². The maximum atomic E-state index is 5.59. The second-order valence-electron chi connectivity index (χ2n) is 2.82. The summed E-state index contributed by atoms with van der Waals surface area (Å²) in [5.41, 5.74) is 2.02. The summed E-state index contributed by atoms with van der Waals surface area (Å²) < 4.78 is 5.59. The fourth-order valence-electron chi connectivity index (χ4n) is 1.48. The van der Waals surface area contributed by atoms with Crippen molar-refractivity contribution < 1.29 is 4.74 Å². The lowest BCUT2D eigenvalue weighted by atomic mass is 10.1. The van der Waals surface area contributed by atoms with E-state index in [1.807, 2.05) is 37.3 Å². The molecule has 0 amide bonds. The van der Waals surface area contributed by atoms with Gasteiger partial charge in [-0.2, -0.15) is 0 Å². The van der Waals surface area contributed by atoms with Gasteiger partial charge in [0.2, 0.25) is 0 Å². The Bertz CT molecular complexity index is 391. The zero-order valence-corrected chi connectivity index (χ0v) is 7.74. The van der Waals surface area contributed by atoms with Crippen molar-refractivity contribution in [3.8, 4) is 5.75 Å². The minimum absolute atomic E-state index is 0.851. The number of para-hydroxylation sites is 1. The summed E-state index contributed by atoms with van der Waals surface area (Å²) in [7, 11) is 1.78. The summed E-state index contributed by atoms with van der Waals surface area (Å²) in [4.78, 5) is 4.20. The lowest BCUT2D eigenvalue weighted by molar-refractivity contribution is 0.468. The number of benzene rings is 1. The van der Waals surface area contributed by atoms with Crippen molar-refractivity contribution in [3.63, 3.8) is 0 Å². The van der Waals surface area contributed by atoms with Gasteiger partial charge in [0.25, 0.3) is 0 Å². The molecule has 1 aromatic rings. The molecule has 0 atom stereocenters. The van der Waals surface area contributed by atoms with Crippen LogP contribution in [0.5, 0.6) is 5.75 Å². The third kappa shape index (κ3) is 1.15. The van der Waals surface area contributed by atoms with Crippen molar-refractivity contribution in [1.82, 2.24) is 0 Å². The topological polar surface area (TPSA) is 21.6 Å². The van der Waals surface area contributed by atoms with E-state index in [1.54, 1.807) is 7.05 Å². The summed E-state index contributed by atoms with van der Waals surface area (Å²) >= 11 is 0. The fraction of sp³-hybridized carbons (Fsp3) is 0.182. The lowest BCUT2D eigenvalue weighted by Gasteiger charge is -1.95. The monoisotopic (exact) mass is 173 g/mol. The second kappa shape index (κ2) is 3.05. The number of ether oxygens (including phenoxy) is 1. The van der Waals surface area contributed by atoms with E-state index in [-0.39, 0.29) is 0 Å². The first-order chi connectivity index (χ1) is 6.36. The van der Waals surface area contributed by atoms with Crippen LogP contribution >= 0.6 is 0 Å². The lowest BCUT2D eigenvalue weighted by Crippen LogP contribution is -1.99. The van der Waals surface area contributed by atoms with Gasteiger partial charge < -0.3 is 4.74 Å². The highest BCUT2D eigenvalue weighted by atomic mass is 16.5. The first kappa shape index (κ1) is 8.05. The number of fused-ring (bicyclic) bond motifs is 1. The molecule has 0 aliphatic carbocycles. The van der Waals surface area contributed by atoms with Crippen molar-refractivity contribution in [2.75, 3.05) is 7.05 Å². The molecular formula is C11H11NO. The Morgan fingerprint density at radius 3 is 2.77 bits per heavy atom. The number of allylic oxidation sites excluding steroid dienone is 2. The number of hydrogen-bond acceptors (Lipinski definition) is 2. The smallest absolute Gasteiger partial charge is 0.149 e. The first-order valence-corrected chi connectivity index (χ1v) is 4.27. The zero-order chi connectivity index (χ0) is 9.26. The SMILES string of the molecule is C/C=C1/Oc2ccccc2C1=NC. The Hall–Kier alpha value is -1.57. The molecule has 1 heterocycles. The molecule has 66 valence electrons. The van der Waals surface area contributed by atoms with Crippen LogP contribution in [0.2, 0.25) is 0 Å². The van der Waals surface area contributed by atoms with Crippen molar-refractivity contribution in [3.05, 3.63) is 41.7 Å². The van der Waals surface area contributed by atoms with Gasteiger partial charge >= 0.3 is 0 Å². The van der Waals surface area contributed by atoms with Crippen LogP contribution in [0.15, 0.2) is 41.1 Å². The van der Waals surface area contributed by atoms with Crippen molar-refractivity contribution in [2.24, 2.45) is 4.99 Å². The number of hydrogen-bond donors (Lipinski definition) is 0. The van der Waals surface area contributed by atoms with Crippen molar-refractivity contribution in [2.45, 2.75) is 6.92 Å². The van der Waals surface area contributed by atoms with Crippen LogP contribution in [-0.2, 0) is 0 Å². The van der Waals surface area contributed by atoms with Crippen LogP contribution in [-0.4, -0.2) is 12.8 Å². The van der Waals surface area contributed by atoms with Gasteiger partial charge in [-0.25, -0.2) is 0 Å². The van der Waals surface area contributed by atoms with Crippen molar-refractivity contribution in [1.29, 1.82) is 0 Å². The highest BCUT2D eigenvalue weighted by Gasteiger charge is 2.22. The molecule has 0 radical (unpaired) electrons. The maximum Gasteiger partial charge on any atom is 0.149 e. The van der Waals surface area contributed by atoms with E-state index in [2.05, 4.69) is 4.99 Å². The Balaban J connectivity index is 2.59. The highest BCUT2D eigenvalue weighted by molar-refractivity contribution is 6.15. The summed E-state index contributed by atoms with van der Waals surface area (Å²) in [6.45, 7) is 1.95. The molecule has 0 fully saturated rings. The number of aliphatic imine (C=N–C) groups is 1. The van der Waals surface area contributed by atoms with Gasteiger partial charge in [-0.1, -0.05) is 12.1 Å². The second-order valence-corrected chi connectivity index (χ2v) is 2.82. The molecule has 1 aliphatic heterocycles. The average Bonchev–Trinajstić information content (AvgIpc) is 2.55. The number of rotatable bonds is 0. The standard InChI is InChI=1S/C11H11NO/c1-3-9-11(12-2)8-6-4-5-7-10(8)13-9/h3-7H,1-2H3/b9-3+,12-11?. The Morgan fingerprint density at radius 1 is 1.31 bits per heavy atom. The molecule has 0 N–H and O–H groups in total. The Morgan fingerprint density at radius 2 is 2.08 bits per heavy atom. The summed E-state index contributed by atoms with van der Waals surface area (Å²) in [6, 6.07) is 7.93. The summed E-state index contributed by atoms with van der Waals surface area (Å²) in [6.07, 6.45) is 1.93. The van der Waals surface area contributed by atoms with Gasteiger partial charge in [0.1, 0.15) is 17.2 Å². The average molecular weight is 173 g/mol. The third-order valence-corrected chi connectivity index (χ3v) is 2.08. The molecular weight excluding hydrogens is 162 g/mol. The highest BCUT2D eigenvalue weighted by Crippen LogP contribution is 2.30. The molecule has 0 unspecified atom stereocenters. The van der Waals surface area contributed by atoms with Crippen LogP contribution in [0.25, 0.3) is 0 Å². The van der Waals surface area contributed by atoms with Gasteiger partial charge in [0.15, 0.2) is 0 Å². The summed E-state index contributed by atoms with van der Waals surface area (Å²) in [5.74, 6) is 1.75. The Labute approximate surface area is 77.6 Å². The Kier molecular flexibility index (Phi) is 1.89. The van der Waals surface area contributed by atoms with Crippen LogP contribution < -0.4 is 4.74 Å². The van der Waals surface area contributed by atoms with Crippen LogP contribution in [0, 0.1) is 0 Å². The van der Waals surface area contributed by atoms with Gasteiger partial charge in [0, 0.05) is 12.6 Å². The predicted molar refractivity (Wildman–Crippen MR) is 53.3 cm³/mol. The van der Waals surface area contributed by atoms with E-state index in [0.29, 0.717) is 0 Å². The third-order valence-electron chi connectivity index (χ3n) is 2.08. The fourth-order valence-corrected chi connectivity index (χ4v) is 1.48.